The van der Waals surface area contributed by atoms with Gasteiger partial charge in [0.15, 0.2) is 6.04 Å². The van der Waals surface area contributed by atoms with Crippen LogP contribution in [-0.2, 0) is 19.1 Å². The van der Waals surface area contributed by atoms with E-state index in [0.717, 1.165) is 0 Å². The third kappa shape index (κ3) is 3.85. The van der Waals surface area contributed by atoms with Crippen LogP contribution in [0.15, 0.2) is 0 Å². The van der Waals surface area contributed by atoms with Gasteiger partial charge in [-0.05, 0) is 0 Å². The number of imide groups is 1. The van der Waals surface area contributed by atoms with Crippen molar-refractivity contribution < 1.29 is 23.9 Å². The lowest BCUT2D eigenvalue weighted by atomic mass is 10.2. The van der Waals surface area contributed by atoms with Crippen molar-refractivity contribution >= 4 is 29.5 Å². The fraction of sp³-hybridized carbons (Fsp3) is 0.700. The predicted molar refractivity (Wildman–Crippen MR) is 62.2 cm³/mol. The smallest absolute Gasteiger partial charge is 0.331 e. The second-order valence-electron chi connectivity index (χ2n) is 3.60. The van der Waals surface area contributed by atoms with Crippen LogP contribution in [0.2, 0.25) is 0 Å². The van der Waals surface area contributed by atoms with Gasteiger partial charge in [0.25, 0.3) is 0 Å². The van der Waals surface area contributed by atoms with E-state index >= 15 is 0 Å². The highest BCUT2D eigenvalue weighted by Crippen LogP contribution is 2.08. The number of hydrogen-bond acceptors (Lipinski definition) is 5. The fourth-order valence-corrected chi connectivity index (χ4v) is 1.69. The molecule has 1 saturated heterocycles. The van der Waals surface area contributed by atoms with Crippen molar-refractivity contribution in [1.29, 1.82) is 0 Å². The molecule has 1 atom stereocenters. The number of carbonyl (C=O) groups is 3. The third-order valence-corrected chi connectivity index (χ3v) is 2.62. The minimum atomic E-state index is -0.826. The van der Waals surface area contributed by atoms with Crippen LogP contribution in [0, 0.1) is 0 Å². The van der Waals surface area contributed by atoms with Gasteiger partial charge in [-0.3, -0.25) is 10.1 Å². The lowest BCUT2D eigenvalue weighted by Gasteiger charge is -2.33. The molecule has 0 aromatic rings. The largest absolute Gasteiger partial charge is 0.467 e. The quantitative estimate of drug-likeness (QED) is 0.567. The number of carbonyl (C=O) groups excluding carboxylic acids is 3. The number of amides is 3. The first-order chi connectivity index (χ1) is 8.60. The summed E-state index contributed by atoms with van der Waals surface area (Å²) in [6.45, 7) is 0.591. The Bertz CT molecular complexity index is 336. The van der Waals surface area contributed by atoms with Gasteiger partial charge < -0.3 is 14.4 Å². The maximum Gasteiger partial charge on any atom is 0.331 e. The van der Waals surface area contributed by atoms with Crippen LogP contribution in [0.5, 0.6) is 0 Å². The summed E-state index contributed by atoms with van der Waals surface area (Å²) in [5.74, 6) is -0.928. The van der Waals surface area contributed by atoms with Gasteiger partial charge in [-0.2, -0.15) is 0 Å². The van der Waals surface area contributed by atoms with Crippen molar-refractivity contribution in [2.45, 2.75) is 12.5 Å². The van der Waals surface area contributed by atoms with Crippen LogP contribution in [0.1, 0.15) is 6.42 Å². The second-order valence-corrected chi connectivity index (χ2v) is 3.98. The molecule has 1 aliphatic rings. The van der Waals surface area contributed by atoms with E-state index < -0.39 is 23.9 Å². The van der Waals surface area contributed by atoms with Crippen molar-refractivity contribution in [2.75, 3.05) is 32.7 Å². The first-order valence-corrected chi connectivity index (χ1v) is 5.95. The molecule has 1 fully saturated rings. The maximum absolute atomic E-state index is 11.8. The van der Waals surface area contributed by atoms with Crippen LogP contribution in [0.3, 0.4) is 0 Å². The number of esters is 1. The molecule has 0 bridgehead atoms. The molecule has 0 aliphatic carbocycles. The van der Waals surface area contributed by atoms with Gasteiger partial charge in [0.05, 0.1) is 20.3 Å². The average Bonchev–Trinajstić information content (AvgIpc) is 2.38. The van der Waals surface area contributed by atoms with E-state index in [-0.39, 0.29) is 25.5 Å². The Hall–Kier alpha value is -1.34. The number of morpholine rings is 1. The number of nitrogens with one attached hydrogen (secondary N) is 1. The molecule has 1 unspecified atom stereocenters. The summed E-state index contributed by atoms with van der Waals surface area (Å²) in [6, 6.07) is -1.46. The molecule has 18 heavy (non-hydrogen) atoms. The zero-order valence-electron chi connectivity index (χ0n) is 9.98. The summed E-state index contributed by atoms with van der Waals surface area (Å²) < 4.78 is 9.69. The number of methoxy groups -OCH3 is 1. The van der Waals surface area contributed by atoms with Crippen LogP contribution in [0.4, 0.5) is 4.79 Å². The standard InChI is InChI=1S/C10H15ClN2O5/c1-17-9(15)7-6-18-5-4-13(7)10(16)12-8(14)2-3-11/h7H,2-6H2,1H3,(H,12,14,16). The molecular formula is C10H15ClN2O5. The van der Waals surface area contributed by atoms with E-state index in [1.54, 1.807) is 0 Å². The zero-order valence-corrected chi connectivity index (χ0v) is 10.7. The van der Waals surface area contributed by atoms with Gasteiger partial charge in [-0.25, -0.2) is 9.59 Å². The van der Waals surface area contributed by atoms with E-state index in [4.69, 9.17) is 16.3 Å². The predicted octanol–water partition coefficient (Wildman–Crippen LogP) is -0.275. The van der Waals surface area contributed by atoms with Gasteiger partial charge in [-0.1, -0.05) is 0 Å². The highest BCUT2D eigenvalue weighted by Gasteiger charge is 2.34. The molecule has 0 saturated carbocycles. The van der Waals surface area contributed by atoms with Crippen LogP contribution >= 0.6 is 11.6 Å². The van der Waals surface area contributed by atoms with E-state index in [9.17, 15) is 14.4 Å². The number of ether oxygens (including phenoxy) is 2. The Morgan fingerprint density at radius 3 is 2.83 bits per heavy atom. The Morgan fingerprint density at radius 2 is 2.22 bits per heavy atom. The van der Waals surface area contributed by atoms with Crippen molar-refractivity contribution in [3.63, 3.8) is 0 Å². The van der Waals surface area contributed by atoms with E-state index in [1.165, 1.54) is 12.0 Å². The molecular weight excluding hydrogens is 264 g/mol. The molecule has 7 nitrogen and oxygen atoms in total. The summed E-state index contributed by atoms with van der Waals surface area (Å²) in [7, 11) is 1.23. The monoisotopic (exact) mass is 278 g/mol. The molecule has 8 heteroatoms. The van der Waals surface area contributed by atoms with E-state index in [1.807, 2.05) is 0 Å². The van der Waals surface area contributed by atoms with Gasteiger partial charge in [0.1, 0.15) is 0 Å². The lowest BCUT2D eigenvalue weighted by Crippen LogP contribution is -2.56. The molecule has 0 radical (unpaired) electrons. The minimum Gasteiger partial charge on any atom is -0.467 e. The average molecular weight is 279 g/mol. The third-order valence-electron chi connectivity index (χ3n) is 2.43. The van der Waals surface area contributed by atoms with Crippen molar-refractivity contribution in [1.82, 2.24) is 10.2 Å². The van der Waals surface area contributed by atoms with Crippen molar-refractivity contribution in [3.8, 4) is 0 Å². The number of urea groups is 1. The Labute approximate surface area is 109 Å². The van der Waals surface area contributed by atoms with Gasteiger partial charge in [-0.15, -0.1) is 11.6 Å². The summed E-state index contributed by atoms with van der Waals surface area (Å²) >= 11 is 5.39. The molecule has 0 aromatic heterocycles. The molecule has 1 N–H and O–H groups in total. The van der Waals surface area contributed by atoms with Crippen molar-refractivity contribution in [2.24, 2.45) is 0 Å². The maximum atomic E-state index is 11.8. The van der Waals surface area contributed by atoms with Crippen LogP contribution < -0.4 is 5.32 Å². The van der Waals surface area contributed by atoms with Crippen LogP contribution in [0.25, 0.3) is 0 Å². The lowest BCUT2D eigenvalue weighted by molar-refractivity contribution is -0.151. The zero-order chi connectivity index (χ0) is 13.5. The summed E-state index contributed by atoms with van der Waals surface area (Å²) in [5, 5.41) is 2.16. The minimum absolute atomic E-state index is 0.0422. The normalized spacial score (nSPS) is 19.2. The first-order valence-electron chi connectivity index (χ1n) is 5.42. The molecule has 1 aliphatic heterocycles. The first kappa shape index (κ1) is 14.7. The number of hydrogen-bond donors (Lipinski definition) is 1. The highest BCUT2D eigenvalue weighted by molar-refractivity contribution is 6.19. The number of nitrogens with zero attached hydrogens (tertiary/aromatic N) is 1. The summed E-state index contributed by atoms with van der Waals surface area (Å²) in [5.41, 5.74) is 0. The topological polar surface area (TPSA) is 84.9 Å². The van der Waals surface area contributed by atoms with Crippen LogP contribution in [-0.4, -0.2) is 61.6 Å². The number of alkyl halides is 1. The summed E-state index contributed by atoms with van der Waals surface area (Å²) in [4.78, 5) is 35.7. The van der Waals surface area contributed by atoms with Gasteiger partial charge in [0, 0.05) is 18.8 Å². The Morgan fingerprint density at radius 1 is 1.50 bits per heavy atom. The fourth-order valence-electron chi connectivity index (χ4n) is 1.52. The molecule has 3 amide bonds. The van der Waals surface area contributed by atoms with Crippen molar-refractivity contribution in [3.05, 3.63) is 0 Å². The molecule has 1 rings (SSSR count). The van der Waals surface area contributed by atoms with E-state index in [0.29, 0.717) is 6.61 Å². The molecule has 102 valence electrons. The Balaban J connectivity index is 2.62. The van der Waals surface area contributed by atoms with E-state index in [2.05, 4.69) is 10.1 Å². The molecule has 0 spiro atoms. The van der Waals surface area contributed by atoms with Gasteiger partial charge in [0.2, 0.25) is 5.91 Å². The highest BCUT2D eigenvalue weighted by atomic mass is 35.5. The molecule has 1 heterocycles. The number of halogens is 1. The molecule has 0 aromatic carbocycles. The second kappa shape index (κ2) is 7.17. The summed E-state index contributed by atoms with van der Waals surface area (Å²) in [6.07, 6.45) is 0.0422. The SMILES string of the molecule is COC(=O)C1COCCN1C(=O)NC(=O)CCCl. The Kier molecular flexibility index (Phi) is 5.87. The van der Waals surface area contributed by atoms with Gasteiger partial charge >= 0.3 is 12.0 Å². The number of rotatable bonds is 3.